The summed E-state index contributed by atoms with van der Waals surface area (Å²) in [6.07, 6.45) is 0. The Morgan fingerprint density at radius 2 is 1.84 bits per heavy atom. The van der Waals surface area contributed by atoms with E-state index in [1.807, 2.05) is 6.92 Å². The molecule has 4 aromatic rings. The van der Waals surface area contributed by atoms with Gasteiger partial charge in [0, 0.05) is 0 Å². The fourth-order valence-corrected chi connectivity index (χ4v) is 3.01. The molecule has 0 amide bonds. The smallest absolute Gasteiger partial charge is 0.341 e. The lowest BCUT2D eigenvalue weighted by Crippen LogP contribution is -2.10. The maximum absolute atomic E-state index is 12.2. The van der Waals surface area contributed by atoms with Gasteiger partial charge in [-0.1, -0.05) is 17.3 Å². The predicted octanol–water partition coefficient (Wildman–Crippen LogP) is 1.94. The lowest BCUT2D eigenvalue weighted by molar-refractivity contribution is -0.139. The number of nitrogens with zero attached hydrogens (tertiary/aromatic N) is 3. The molecule has 0 aliphatic rings. The number of aromatic nitrogens is 5. The number of carboxylic acids is 1. The van der Waals surface area contributed by atoms with Crippen molar-refractivity contribution >= 4 is 17.1 Å². The van der Waals surface area contributed by atoms with Gasteiger partial charge in [0.2, 0.25) is 0 Å². The lowest BCUT2D eigenvalue weighted by atomic mass is 10.0. The molecule has 0 aliphatic heterocycles. The van der Waals surface area contributed by atoms with Crippen molar-refractivity contribution < 1.29 is 24.5 Å². The van der Waals surface area contributed by atoms with Gasteiger partial charge in [0.25, 0.3) is 5.56 Å². The van der Waals surface area contributed by atoms with Crippen LogP contribution in [0.1, 0.15) is 6.92 Å². The van der Waals surface area contributed by atoms with Crippen molar-refractivity contribution in [3.63, 3.8) is 0 Å². The molecular formula is C20H17N5O6. The minimum absolute atomic E-state index is 0.0464. The van der Waals surface area contributed by atoms with E-state index in [0.29, 0.717) is 23.5 Å². The zero-order valence-corrected chi connectivity index (χ0v) is 16.2. The van der Waals surface area contributed by atoms with Crippen molar-refractivity contribution in [2.24, 2.45) is 0 Å². The summed E-state index contributed by atoms with van der Waals surface area (Å²) in [5.41, 5.74) is 1.87. The number of phenols is 1. The van der Waals surface area contributed by atoms with E-state index in [-0.39, 0.29) is 28.5 Å². The summed E-state index contributed by atoms with van der Waals surface area (Å²) in [4.78, 5) is 30.0. The minimum Gasteiger partial charge on any atom is -0.504 e. The minimum atomic E-state index is -1.15. The molecule has 31 heavy (non-hydrogen) atoms. The summed E-state index contributed by atoms with van der Waals surface area (Å²) < 4.78 is 10.9. The quantitative estimate of drug-likeness (QED) is 0.348. The molecule has 0 unspecified atom stereocenters. The molecule has 0 aliphatic carbocycles. The van der Waals surface area contributed by atoms with E-state index in [4.69, 9.17) is 14.6 Å². The number of fused-ring (bicyclic) bond motifs is 1. The third kappa shape index (κ3) is 4.01. The Bertz CT molecular complexity index is 1330. The topological polar surface area (TPSA) is 163 Å². The number of H-pyrrole nitrogens is 2. The molecule has 0 saturated heterocycles. The highest BCUT2D eigenvalue weighted by molar-refractivity contribution is 5.77. The average Bonchev–Trinajstić information content (AvgIpc) is 3.22. The molecule has 0 spiro atoms. The van der Waals surface area contributed by atoms with Crippen molar-refractivity contribution in [2.45, 2.75) is 6.92 Å². The van der Waals surface area contributed by atoms with E-state index >= 15 is 0 Å². The highest BCUT2D eigenvalue weighted by Crippen LogP contribution is 2.36. The van der Waals surface area contributed by atoms with Crippen LogP contribution in [0.3, 0.4) is 0 Å². The number of aromatic hydroxyl groups is 1. The van der Waals surface area contributed by atoms with Crippen molar-refractivity contribution in [3.05, 3.63) is 46.8 Å². The van der Waals surface area contributed by atoms with Crippen LogP contribution in [-0.4, -0.2) is 54.8 Å². The van der Waals surface area contributed by atoms with Gasteiger partial charge in [-0.2, -0.15) is 0 Å². The SMILES string of the molecule is CCOc1cc(-c2ccc(O)c(OCC(=O)O)c2)ccc1-c1nc2[nH]nnc2c(=O)[nH]1. The first-order valence-corrected chi connectivity index (χ1v) is 9.22. The van der Waals surface area contributed by atoms with Crippen LogP contribution in [0.4, 0.5) is 0 Å². The fraction of sp³-hybridized carbons (Fsp3) is 0.150. The zero-order chi connectivity index (χ0) is 22.0. The average molecular weight is 423 g/mol. The second-order valence-electron chi connectivity index (χ2n) is 6.43. The molecule has 11 heteroatoms. The molecule has 0 atom stereocenters. The first kappa shape index (κ1) is 19.9. The fourth-order valence-electron chi connectivity index (χ4n) is 3.01. The molecule has 4 N–H and O–H groups in total. The highest BCUT2D eigenvalue weighted by atomic mass is 16.5. The van der Waals surface area contributed by atoms with Crippen LogP contribution in [0.5, 0.6) is 17.2 Å². The number of carbonyl (C=O) groups is 1. The van der Waals surface area contributed by atoms with E-state index < -0.39 is 18.1 Å². The van der Waals surface area contributed by atoms with Gasteiger partial charge in [0.05, 0.1) is 12.2 Å². The van der Waals surface area contributed by atoms with Crippen LogP contribution in [0, 0.1) is 0 Å². The zero-order valence-electron chi connectivity index (χ0n) is 16.2. The van der Waals surface area contributed by atoms with Crippen molar-refractivity contribution in [3.8, 4) is 39.8 Å². The number of ether oxygens (including phenoxy) is 2. The summed E-state index contributed by atoms with van der Waals surface area (Å²) >= 11 is 0. The molecule has 0 fully saturated rings. The second-order valence-corrected chi connectivity index (χ2v) is 6.43. The molecule has 0 saturated carbocycles. The van der Waals surface area contributed by atoms with Gasteiger partial charge < -0.3 is 24.7 Å². The molecule has 4 rings (SSSR count). The van der Waals surface area contributed by atoms with Gasteiger partial charge >= 0.3 is 5.97 Å². The van der Waals surface area contributed by atoms with Crippen molar-refractivity contribution in [1.82, 2.24) is 25.4 Å². The van der Waals surface area contributed by atoms with Crippen molar-refractivity contribution in [1.29, 1.82) is 0 Å². The molecule has 2 heterocycles. The Labute approximate surface area is 174 Å². The monoisotopic (exact) mass is 423 g/mol. The summed E-state index contributed by atoms with van der Waals surface area (Å²) in [6, 6.07) is 9.88. The Kier molecular flexibility index (Phi) is 5.22. The number of hydrogen-bond acceptors (Lipinski definition) is 8. The third-order valence-electron chi connectivity index (χ3n) is 4.38. The van der Waals surface area contributed by atoms with Crippen LogP contribution < -0.4 is 15.0 Å². The van der Waals surface area contributed by atoms with E-state index in [2.05, 4.69) is 25.4 Å². The van der Waals surface area contributed by atoms with Gasteiger partial charge in [0.15, 0.2) is 29.3 Å². The lowest BCUT2D eigenvalue weighted by Gasteiger charge is -2.13. The third-order valence-corrected chi connectivity index (χ3v) is 4.38. The summed E-state index contributed by atoms with van der Waals surface area (Å²) in [5.74, 6) is -0.524. The summed E-state index contributed by atoms with van der Waals surface area (Å²) in [6.45, 7) is 1.62. The molecule has 2 aromatic carbocycles. The Morgan fingerprint density at radius 3 is 2.58 bits per heavy atom. The largest absolute Gasteiger partial charge is 0.504 e. The van der Waals surface area contributed by atoms with Gasteiger partial charge in [0.1, 0.15) is 11.6 Å². The summed E-state index contributed by atoms with van der Waals surface area (Å²) in [5, 5.41) is 28.6. The van der Waals surface area contributed by atoms with Gasteiger partial charge in [-0.05, 0) is 42.3 Å². The highest BCUT2D eigenvalue weighted by Gasteiger charge is 2.15. The molecule has 0 radical (unpaired) electrons. The Balaban J connectivity index is 1.76. The normalized spacial score (nSPS) is 10.9. The molecule has 11 nitrogen and oxygen atoms in total. The molecule has 0 bridgehead atoms. The molecule has 2 aromatic heterocycles. The Hall–Kier alpha value is -4.41. The first-order valence-electron chi connectivity index (χ1n) is 9.22. The number of rotatable bonds is 7. The Morgan fingerprint density at radius 1 is 1.10 bits per heavy atom. The van der Waals surface area contributed by atoms with E-state index in [1.165, 1.54) is 12.1 Å². The number of aliphatic carboxylic acids is 1. The number of benzene rings is 2. The first-order chi connectivity index (χ1) is 15.0. The van der Waals surface area contributed by atoms with Crippen LogP contribution in [-0.2, 0) is 4.79 Å². The maximum Gasteiger partial charge on any atom is 0.341 e. The van der Waals surface area contributed by atoms with E-state index in [1.54, 1.807) is 24.3 Å². The predicted molar refractivity (Wildman–Crippen MR) is 109 cm³/mol. The van der Waals surface area contributed by atoms with E-state index in [9.17, 15) is 14.7 Å². The number of phenolic OH excluding ortho intramolecular Hbond substituents is 1. The van der Waals surface area contributed by atoms with Crippen LogP contribution in [0.2, 0.25) is 0 Å². The van der Waals surface area contributed by atoms with E-state index in [0.717, 1.165) is 5.56 Å². The van der Waals surface area contributed by atoms with Gasteiger partial charge in [-0.3, -0.25) is 4.79 Å². The van der Waals surface area contributed by atoms with Crippen LogP contribution >= 0.6 is 0 Å². The number of carboxylic acid groups (broad SMARTS) is 1. The van der Waals surface area contributed by atoms with Crippen LogP contribution in [0.15, 0.2) is 41.2 Å². The standard InChI is InChI=1S/C20H17N5O6/c1-2-30-14-7-10(11-4-6-13(26)15(8-11)31-9-16(27)28)3-5-12(14)18-21-19-17(20(29)22-18)23-25-24-19/h3-8,26H,2,9H2,1H3,(H,27,28)(H2,21,22,23,24,25,29). The molecule has 158 valence electrons. The number of nitrogens with one attached hydrogen (secondary N) is 2. The maximum atomic E-state index is 12.2. The number of aromatic amines is 2. The number of hydrogen-bond donors (Lipinski definition) is 4. The van der Waals surface area contributed by atoms with Gasteiger partial charge in [-0.25, -0.2) is 14.9 Å². The van der Waals surface area contributed by atoms with Crippen molar-refractivity contribution in [2.75, 3.05) is 13.2 Å². The summed E-state index contributed by atoms with van der Waals surface area (Å²) in [7, 11) is 0. The van der Waals surface area contributed by atoms with Gasteiger partial charge in [-0.15, -0.1) is 5.10 Å². The second kappa shape index (κ2) is 8.14. The molecular weight excluding hydrogens is 406 g/mol. The van der Waals surface area contributed by atoms with Crippen LogP contribution in [0.25, 0.3) is 33.7 Å².